The van der Waals surface area contributed by atoms with Gasteiger partial charge in [0.2, 0.25) is 0 Å². The van der Waals surface area contributed by atoms with Crippen molar-refractivity contribution < 1.29 is 0 Å². The molecule has 0 saturated carbocycles. The van der Waals surface area contributed by atoms with E-state index >= 15 is 0 Å². The van der Waals surface area contributed by atoms with E-state index in [1.165, 1.54) is 33.4 Å². The highest BCUT2D eigenvalue weighted by Crippen LogP contribution is 2.29. The van der Waals surface area contributed by atoms with Crippen LogP contribution in [0.4, 0.5) is 11.4 Å². The average molecular weight is 896 g/mol. The molecule has 3 heterocycles. The van der Waals surface area contributed by atoms with Gasteiger partial charge in [0.25, 0.3) is 0 Å². The summed E-state index contributed by atoms with van der Waals surface area (Å²) in [6.07, 6.45) is 14.2. The van der Waals surface area contributed by atoms with Crippen molar-refractivity contribution in [3.8, 4) is 0 Å². The van der Waals surface area contributed by atoms with Gasteiger partial charge in [-0.3, -0.25) is 15.0 Å². The van der Waals surface area contributed by atoms with E-state index in [1.54, 1.807) is 6.20 Å². The highest BCUT2D eigenvalue weighted by Gasteiger charge is 2.22. The third-order valence-corrected chi connectivity index (χ3v) is 10.7. The molecule has 0 amide bonds. The van der Waals surface area contributed by atoms with Gasteiger partial charge in [0, 0.05) is 34.7 Å². The van der Waals surface area contributed by atoms with Crippen LogP contribution in [0.2, 0.25) is 0 Å². The normalized spacial score (nSPS) is 13.0. The molecule has 352 valence electrons. The van der Waals surface area contributed by atoms with Crippen molar-refractivity contribution in [2.75, 3.05) is 23.7 Å². The number of rotatable bonds is 11. The van der Waals surface area contributed by atoms with Gasteiger partial charge in [-0.15, -0.1) is 0 Å². The van der Waals surface area contributed by atoms with Crippen molar-refractivity contribution >= 4 is 40.9 Å². The molecule has 0 bridgehead atoms. The summed E-state index contributed by atoms with van der Waals surface area (Å²) in [5, 5.41) is 12.9. The number of amidine groups is 2. The molecule has 0 saturated heterocycles. The summed E-state index contributed by atoms with van der Waals surface area (Å²) in [6, 6.07) is 26.9. The van der Waals surface area contributed by atoms with Crippen LogP contribution in [0.1, 0.15) is 101 Å². The quantitative estimate of drug-likeness (QED) is 0.113. The van der Waals surface area contributed by atoms with Crippen LogP contribution in [0.3, 0.4) is 0 Å². The lowest BCUT2D eigenvalue weighted by molar-refractivity contribution is 0.499. The number of aromatic nitrogens is 1. The maximum absolute atomic E-state index is 4.49. The van der Waals surface area contributed by atoms with Crippen LogP contribution in [-0.4, -0.2) is 29.7 Å². The van der Waals surface area contributed by atoms with Gasteiger partial charge in [0.1, 0.15) is 17.5 Å². The molecule has 4 aromatic rings. The Morgan fingerprint density at radius 3 is 1.60 bits per heavy atom. The van der Waals surface area contributed by atoms with Gasteiger partial charge in [-0.2, -0.15) is 0 Å². The average Bonchev–Trinajstić information content (AvgIpc) is 3.94. The second-order valence-corrected chi connectivity index (χ2v) is 19.1. The van der Waals surface area contributed by atoms with Crippen LogP contribution in [-0.2, 0) is 0 Å². The number of hydrogen-bond donors (Lipinski definition) is 4. The molecule has 0 aliphatic carbocycles. The summed E-state index contributed by atoms with van der Waals surface area (Å²) in [5.74, 6) is 2.55. The number of anilines is 2. The molecule has 2 aliphatic rings. The molecule has 3 aromatic carbocycles. The minimum atomic E-state index is 0.165. The van der Waals surface area contributed by atoms with Gasteiger partial charge in [0.05, 0.1) is 13.1 Å². The predicted molar refractivity (Wildman–Crippen MR) is 296 cm³/mol. The first-order valence-corrected chi connectivity index (χ1v) is 22.9. The van der Waals surface area contributed by atoms with Gasteiger partial charge in [-0.1, -0.05) is 158 Å². The number of aryl methyl sites for hydroxylation is 4. The topological polar surface area (TPSA) is 85.7 Å². The molecule has 7 heteroatoms. The monoisotopic (exact) mass is 896 g/mol. The summed E-state index contributed by atoms with van der Waals surface area (Å²) in [7, 11) is 0. The first kappa shape index (κ1) is 54.3. The number of nitrogens with one attached hydrogen (secondary N) is 4. The van der Waals surface area contributed by atoms with Crippen molar-refractivity contribution in [1.29, 1.82) is 0 Å². The Morgan fingerprint density at radius 1 is 0.612 bits per heavy atom. The Balaban J connectivity index is 0.000000241. The maximum Gasteiger partial charge on any atom is 0.126 e. The number of benzene rings is 3. The molecule has 4 N–H and O–H groups in total. The molecule has 0 fully saturated rings. The molecule has 2 aliphatic heterocycles. The van der Waals surface area contributed by atoms with Gasteiger partial charge < -0.3 is 21.3 Å². The zero-order valence-corrected chi connectivity index (χ0v) is 42.8. The van der Waals surface area contributed by atoms with Crippen LogP contribution >= 0.6 is 0 Å². The van der Waals surface area contributed by atoms with Gasteiger partial charge in [-0.25, -0.2) is 0 Å². The largest absolute Gasteiger partial charge is 0.356 e. The second-order valence-electron chi connectivity index (χ2n) is 19.1. The molecule has 0 unspecified atom stereocenters. The zero-order valence-electron chi connectivity index (χ0n) is 42.8. The minimum Gasteiger partial charge on any atom is -0.356 e. The zero-order chi connectivity index (χ0) is 49.9. The first-order chi connectivity index (χ1) is 31.4. The van der Waals surface area contributed by atoms with Gasteiger partial charge in [-0.05, 0) is 147 Å². The Labute approximate surface area is 404 Å². The van der Waals surface area contributed by atoms with E-state index in [4.69, 9.17) is 0 Å². The second kappa shape index (κ2) is 25.6. The Kier molecular flexibility index (Phi) is 20.8. The standard InChI is InChI=1S/C19H21N.C17H23N3.C13H15N.C11H18N2/c1-5-6-17-13-18(10-9-15(17)3)16(4)20-19-11-7-14(2)8-12-19;1-12-6-8-15(9-7-12)19-13(2)20-16-10-14(11-18-16)17(3,4)5;1-10(2)11(3)7-8-13-6-5-9-14-12(13)4;1-8(2)13-10-6-9(7-12-10)11(3,4)5/h5-13,20H,4H2,1-3H3;6-10,19H,2,11H2,1,3-5H3,(H,18,20);5-9H,1,3H2,2,4H3;6H,1,7H2,2-5H3,(H,12,13)/b6-5-;;8-7-;. The third-order valence-electron chi connectivity index (χ3n) is 10.7. The van der Waals surface area contributed by atoms with E-state index in [9.17, 15) is 0 Å². The van der Waals surface area contributed by atoms with E-state index in [0.29, 0.717) is 0 Å². The Morgan fingerprint density at radius 2 is 1.13 bits per heavy atom. The molecule has 7 nitrogen and oxygen atoms in total. The van der Waals surface area contributed by atoms with Crippen molar-refractivity contribution in [2.24, 2.45) is 20.8 Å². The fourth-order valence-electron chi connectivity index (χ4n) is 6.20. The smallest absolute Gasteiger partial charge is 0.126 e. The third kappa shape index (κ3) is 19.6. The number of hydrogen-bond acceptors (Lipinski definition) is 7. The predicted octanol–water partition coefficient (Wildman–Crippen LogP) is 15.3. The van der Waals surface area contributed by atoms with Crippen molar-refractivity contribution in [3.63, 3.8) is 0 Å². The maximum atomic E-state index is 4.49. The number of pyridine rings is 1. The van der Waals surface area contributed by atoms with E-state index in [-0.39, 0.29) is 10.8 Å². The SMILES string of the molecule is C=C(C)C(=C)/C=C\c1cccnc1C.C=C(C)NC1=NCC(C(C)(C)C)=C1.C=C(NC1=NCC(C(C)(C)C)=C1)Nc1ccc(C)cc1.C=C(Nc1ccc(C)cc1)c1ccc(C)c(/C=C\C)c1. The summed E-state index contributed by atoms with van der Waals surface area (Å²) in [5.41, 5.74) is 17.2. The molecule has 0 atom stereocenters. The van der Waals surface area contributed by atoms with E-state index in [2.05, 4.69) is 210 Å². The number of allylic oxidation sites excluding steroid dienone is 5. The lowest BCUT2D eigenvalue weighted by Gasteiger charge is -2.18. The van der Waals surface area contributed by atoms with E-state index < -0.39 is 0 Å². The lowest BCUT2D eigenvalue weighted by atomic mass is 9.87. The summed E-state index contributed by atoms with van der Waals surface area (Å²) in [4.78, 5) is 13.1. The van der Waals surface area contributed by atoms with Crippen LogP contribution < -0.4 is 21.3 Å². The summed E-state index contributed by atoms with van der Waals surface area (Å²) >= 11 is 0. The van der Waals surface area contributed by atoms with Gasteiger partial charge in [0.15, 0.2) is 0 Å². The van der Waals surface area contributed by atoms with Crippen LogP contribution in [0.15, 0.2) is 186 Å². The Hall–Kier alpha value is -6.99. The summed E-state index contributed by atoms with van der Waals surface area (Å²) < 4.78 is 0. The van der Waals surface area contributed by atoms with Crippen LogP contribution in [0.5, 0.6) is 0 Å². The minimum absolute atomic E-state index is 0.165. The van der Waals surface area contributed by atoms with Gasteiger partial charge >= 0.3 is 0 Å². The lowest BCUT2D eigenvalue weighted by Crippen LogP contribution is -2.24. The van der Waals surface area contributed by atoms with E-state index in [1.807, 2.05) is 64.1 Å². The van der Waals surface area contributed by atoms with E-state index in [0.717, 1.165) is 81.3 Å². The van der Waals surface area contributed by atoms with Crippen molar-refractivity contribution in [1.82, 2.24) is 15.6 Å². The number of aliphatic imine (C=N–C) groups is 2. The highest BCUT2D eigenvalue weighted by atomic mass is 15.1. The molecule has 0 radical (unpaired) electrons. The molecule has 0 spiro atoms. The number of nitrogens with zero attached hydrogens (tertiary/aromatic N) is 3. The molecular formula is C60H77N7. The Bertz CT molecular complexity index is 2560. The molecular weight excluding hydrogens is 819 g/mol. The van der Waals surface area contributed by atoms with Crippen LogP contribution in [0.25, 0.3) is 17.8 Å². The fraction of sp³-hybridized carbons (Fsp3) is 0.283. The molecule has 6 rings (SSSR count). The molecule has 1 aromatic heterocycles. The molecule has 67 heavy (non-hydrogen) atoms. The van der Waals surface area contributed by atoms with Crippen molar-refractivity contribution in [3.05, 3.63) is 215 Å². The van der Waals surface area contributed by atoms with Crippen molar-refractivity contribution in [2.45, 2.75) is 90.0 Å². The summed E-state index contributed by atoms with van der Waals surface area (Å²) in [6.45, 7) is 48.6. The van der Waals surface area contributed by atoms with Crippen LogP contribution in [0, 0.1) is 38.5 Å². The highest BCUT2D eigenvalue weighted by molar-refractivity contribution is 5.97. The fourth-order valence-corrected chi connectivity index (χ4v) is 6.20. The first-order valence-electron chi connectivity index (χ1n) is 22.9.